The van der Waals surface area contributed by atoms with Crippen molar-refractivity contribution in [1.29, 1.82) is 0 Å². The first kappa shape index (κ1) is 13.3. The third-order valence-electron chi connectivity index (χ3n) is 4.09. The maximum Gasteiger partial charge on any atom is 0.0237 e. The largest absolute Gasteiger partial charge is 0.314 e. The first-order valence-electron chi connectivity index (χ1n) is 7.42. The molecule has 0 aromatic heterocycles. The van der Waals surface area contributed by atoms with Crippen molar-refractivity contribution in [3.8, 4) is 11.1 Å². The fourth-order valence-corrected chi connectivity index (χ4v) is 2.79. The molecule has 2 aromatic rings. The van der Waals surface area contributed by atoms with Gasteiger partial charge in [0.1, 0.15) is 0 Å². The van der Waals surface area contributed by atoms with Gasteiger partial charge in [0.05, 0.1) is 0 Å². The van der Waals surface area contributed by atoms with Crippen LogP contribution in [-0.2, 0) is 6.54 Å². The molecule has 20 heavy (non-hydrogen) atoms. The Morgan fingerprint density at radius 1 is 1.00 bits per heavy atom. The average molecular weight is 266 g/mol. The Hall–Kier alpha value is -1.64. The SMILES string of the molecule is C[C@H]1CNCCN1Cc1ccc(-c2ccccc2)cc1. The summed E-state index contributed by atoms with van der Waals surface area (Å²) in [6.45, 7) is 6.69. The molecule has 3 rings (SSSR count). The Morgan fingerprint density at radius 2 is 1.70 bits per heavy atom. The van der Waals surface area contributed by atoms with Crippen LogP contribution in [0.3, 0.4) is 0 Å². The van der Waals surface area contributed by atoms with E-state index in [1.807, 2.05) is 0 Å². The zero-order valence-electron chi connectivity index (χ0n) is 12.0. The fraction of sp³-hybridized carbons (Fsp3) is 0.333. The van der Waals surface area contributed by atoms with E-state index in [9.17, 15) is 0 Å². The van der Waals surface area contributed by atoms with Crippen LogP contribution >= 0.6 is 0 Å². The van der Waals surface area contributed by atoms with E-state index in [0.29, 0.717) is 6.04 Å². The molecule has 0 unspecified atom stereocenters. The predicted octanol–water partition coefficient (Wildman–Crippen LogP) is 3.15. The van der Waals surface area contributed by atoms with E-state index >= 15 is 0 Å². The lowest BCUT2D eigenvalue weighted by atomic mass is 10.0. The molecule has 2 heteroatoms. The highest BCUT2D eigenvalue weighted by Gasteiger charge is 2.17. The molecule has 1 aliphatic heterocycles. The second-order valence-electron chi connectivity index (χ2n) is 5.59. The standard InChI is InChI=1S/C18H22N2/c1-15-13-19-11-12-20(15)14-16-7-9-18(10-8-16)17-5-3-2-4-6-17/h2-10,15,19H,11-14H2,1H3/t15-/m0/s1. The Morgan fingerprint density at radius 3 is 2.40 bits per heavy atom. The van der Waals surface area contributed by atoms with Crippen molar-refractivity contribution < 1.29 is 0 Å². The van der Waals surface area contributed by atoms with Gasteiger partial charge in [-0.25, -0.2) is 0 Å². The summed E-state index contributed by atoms with van der Waals surface area (Å²) in [4.78, 5) is 2.55. The topological polar surface area (TPSA) is 15.3 Å². The summed E-state index contributed by atoms with van der Waals surface area (Å²) < 4.78 is 0. The number of benzene rings is 2. The average Bonchev–Trinajstić information content (AvgIpc) is 2.51. The van der Waals surface area contributed by atoms with Crippen LogP contribution in [0.25, 0.3) is 11.1 Å². The molecule has 0 saturated carbocycles. The highest BCUT2D eigenvalue weighted by molar-refractivity contribution is 5.63. The lowest BCUT2D eigenvalue weighted by Crippen LogP contribution is -2.49. The molecule has 0 spiro atoms. The monoisotopic (exact) mass is 266 g/mol. The second-order valence-corrected chi connectivity index (χ2v) is 5.59. The summed E-state index contributed by atoms with van der Waals surface area (Å²) in [7, 11) is 0. The van der Waals surface area contributed by atoms with E-state index < -0.39 is 0 Å². The molecule has 0 bridgehead atoms. The van der Waals surface area contributed by atoms with E-state index in [1.165, 1.54) is 16.7 Å². The van der Waals surface area contributed by atoms with Crippen molar-refractivity contribution in [2.75, 3.05) is 19.6 Å². The summed E-state index contributed by atoms with van der Waals surface area (Å²) in [6, 6.07) is 20.2. The second kappa shape index (κ2) is 6.21. The molecule has 1 aliphatic rings. The molecular formula is C18H22N2. The minimum atomic E-state index is 0.623. The van der Waals surface area contributed by atoms with E-state index in [4.69, 9.17) is 0 Å². The third kappa shape index (κ3) is 3.09. The molecule has 1 saturated heterocycles. The number of nitrogens with zero attached hydrogens (tertiary/aromatic N) is 1. The van der Waals surface area contributed by atoms with Gasteiger partial charge in [-0.05, 0) is 23.6 Å². The van der Waals surface area contributed by atoms with Crippen LogP contribution in [0.2, 0.25) is 0 Å². The number of hydrogen-bond acceptors (Lipinski definition) is 2. The van der Waals surface area contributed by atoms with E-state index in [2.05, 4.69) is 71.7 Å². The van der Waals surface area contributed by atoms with Gasteiger partial charge >= 0.3 is 0 Å². The molecule has 1 N–H and O–H groups in total. The van der Waals surface area contributed by atoms with Gasteiger partial charge in [-0.3, -0.25) is 4.90 Å². The molecule has 1 heterocycles. The minimum absolute atomic E-state index is 0.623. The lowest BCUT2D eigenvalue weighted by Gasteiger charge is -2.33. The van der Waals surface area contributed by atoms with Crippen LogP contribution in [0.1, 0.15) is 12.5 Å². The van der Waals surface area contributed by atoms with Gasteiger partial charge in [-0.15, -0.1) is 0 Å². The molecule has 1 atom stereocenters. The number of piperazine rings is 1. The molecular weight excluding hydrogens is 244 g/mol. The van der Waals surface area contributed by atoms with Gasteiger partial charge in [0.2, 0.25) is 0 Å². The van der Waals surface area contributed by atoms with E-state index in [0.717, 1.165) is 26.2 Å². The number of nitrogens with one attached hydrogen (secondary N) is 1. The van der Waals surface area contributed by atoms with Crippen LogP contribution in [0.5, 0.6) is 0 Å². The van der Waals surface area contributed by atoms with Crippen molar-refractivity contribution in [3.05, 3.63) is 60.2 Å². The van der Waals surface area contributed by atoms with Crippen LogP contribution in [0.15, 0.2) is 54.6 Å². The maximum absolute atomic E-state index is 3.44. The van der Waals surface area contributed by atoms with E-state index in [-0.39, 0.29) is 0 Å². The number of hydrogen-bond donors (Lipinski definition) is 1. The third-order valence-corrected chi connectivity index (χ3v) is 4.09. The van der Waals surface area contributed by atoms with Gasteiger partial charge in [-0.1, -0.05) is 54.6 Å². The van der Waals surface area contributed by atoms with E-state index in [1.54, 1.807) is 0 Å². The van der Waals surface area contributed by atoms with Crippen LogP contribution in [0.4, 0.5) is 0 Å². The Bertz CT molecular complexity index is 533. The highest BCUT2D eigenvalue weighted by atomic mass is 15.2. The normalized spacial score (nSPS) is 19.9. The summed E-state index contributed by atoms with van der Waals surface area (Å²) in [5.41, 5.74) is 3.98. The highest BCUT2D eigenvalue weighted by Crippen LogP contribution is 2.20. The van der Waals surface area contributed by atoms with Crippen LogP contribution < -0.4 is 5.32 Å². The first-order valence-corrected chi connectivity index (χ1v) is 7.42. The number of rotatable bonds is 3. The van der Waals surface area contributed by atoms with Crippen molar-refractivity contribution >= 4 is 0 Å². The fourth-order valence-electron chi connectivity index (χ4n) is 2.79. The molecule has 1 fully saturated rings. The molecule has 2 nitrogen and oxygen atoms in total. The smallest absolute Gasteiger partial charge is 0.0237 e. The van der Waals surface area contributed by atoms with Crippen molar-refractivity contribution in [2.24, 2.45) is 0 Å². The Balaban J connectivity index is 1.70. The zero-order chi connectivity index (χ0) is 13.8. The molecule has 0 amide bonds. The zero-order valence-corrected chi connectivity index (χ0v) is 12.0. The molecule has 2 aromatic carbocycles. The van der Waals surface area contributed by atoms with Crippen molar-refractivity contribution in [1.82, 2.24) is 10.2 Å². The Kier molecular flexibility index (Phi) is 4.14. The van der Waals surface area contributed by atoms with Gasteiger partial charge in [0, 0.05) is 32.2 Å². The van der Waals surface area contributed by atoms with Gasteiger partial charge in [-0.2, -0.15) is 0 Å². The first-order chi connectivity index (χ1) is 9.83. The Labute approximate surface area is 121 Å². The molecule has 0 aliphatic carbocycles. The van der Waals surface area contributed by atoms with Crippen molar-refractivity contribution in [2.45, 2.75) is 19.5 Å². The molecule has 104 valence electrons. The summed E-state index contributed by atoms with van der Waals surface area (Å²) >= 11 is 0. The lowest BCUT2D eigenvalue weighted by molar-refractivity contribution is 0.165. The predicted molar refractivity (Wildman–Crippen MR) is 84.6 cm³/mol. The van der Waals surface area contributed by atoms with Crippen molar-refractivity contribution in [3.63, 3.8) is 0 Å². The summed E-state index contributed by atoms with van der Waals surface area (Å²) in [6.07, 6.45) is 0. The van der Waals surface area contributed by atoms with Gasteiger partial charge < -0.3 is 5.32 Å². The minimum Gasteiger partial charge on any atom is -0.314 e. The molecule has 0 radical (unpaired) electrons. The summed E-state index contributed by atoms with van der Waals surface area (Å²) in [5, 5.41) is 3.44. The van der Waals surface area contributed by atoms with Crippen LogP contribution in [-0.4, -0.2) is 30.6 Å². The van der Waals surface area contributed by atoms with Crippen LogP contribution in [0, 0.1) is 0 Å². The van der Waals surface area contributed by atoms with Gasteiger partial charge in [0.15, 0.2) is 0 Å². The maximum atomic E-state index is 3.44. The summed E-state index contributed by atoms with van der Waals surface area (Å²) in [5.74, 6) is 0. The van der Waals surface area contributed by atoms with Gasteiger partial charge in [0.25, 0.3) is 0 Å². The quantitative estimate of drug-likeness (QED) is 0.918.